The first-order chi connectivity index (χ1) is 16.8. The Labute approximate surface area is 203 Å². The van der Waals surface area contributed by atoms with Crippen LogP contribution in [0.1, 0.15) is 16.7 Å². The molecule has 0 aliphatic carbocycles. The van der Waals surface area contributed by atoms with Crippen molar-refractivity contribution in [3.05, 3.63) is 71.3 Å². The number of phenols is 1. The van der Waals surface area contributed by atoms with E-state index >= 15 is 0 Å². The summed E-state index contributed by atoms with van der Waals surface area (Å²) in [5, 5.41) is 8.98. The number of nitrogens with two attached hydrogens (primary N) is 3. The van der Waals surface area contributed by atoms with Crippen LogP contribution in [-0.4, -0.2) is 38.1 Å². The fraction of sp³-hybridized carbons (Fsp3) is 0.192. The Kier molecular flexibility index (Phi) is 8.42. The molecule has 35 heavy (non-hydrogen) atoms. The van der Waals surface area contributed by atoms with Gasteiger partial charge in [0.1, 0.15) is 11.5 Å². The number of methoxy groups -OCH3 is 2. The number of nitrogen functional groups attached to an aromatic ring is 1. The van der Waals surface area contributed by atoms with E-state index in [-0.39, 0.29) is 12.5 Å². The second kappa shape index (κ2) is 11.7. The van der Waals surface area contributed by atoms with Gasteiger partial charge in [0.2, 0.25) is 18.4 Å². The van der Waals surface area contributed by atoms with E-state index < -0.39 is 11.9 Å². The van der Waals surface area contributed by atoms with Crippen LogP contribution in [0.25, 0.3) is 12.2 Å². The van der Waals surface area contributed by atoms with Crippen molar-refractivity contribution in [2.24, 2.45) is 11.5 Å². The highest BCUT2D eigenvalue weighted by Gasteiger charge is 2.19. The molecule has 3 aromatic carbocycles. The van der Waals surface area contributed by atoms with Crippen LogP contribution in [0.5, 0.6) is 28.7 Å². The van der Waals surface area contributed by atoms with Gasteiger partial charge >= 0.3 is 0 Å². The normalized spacial score (nSPS) is 12.5. The van der Waals surface area contributed by atoms with Crippen LogP contribution in [0.3, 0.4) is 0 Å². The molecule has 1 atom stereocenters. The summed E-state index contributed by atoms with van der Waals surface area (Å²) >= 11 is 0. The average Bonchev–Trinajstić information content (AvgIpc) is 3.33. The second-order valence-electron chi connectivity index (χ2n) is 7.67. The SMILES string of the molecule is COc1ccc(/C=C\c2cc(OC)c3c(c2)OCO3)cc1N.NC(=O)C(N)Cc1ccc(O)cc1. The van der Waals surface area contributed by atoms with Crippen LogP contribution in [0, 0.1) is 0 Å². The minimum absolute atomic E-state index is 0.191. The molecular formula is C26H29N3O6. The number of benzene rings is 3. The first-order valence-corrected chi connectivity index (χ1v) is 10.7. The van der Waals surface area contributed by atoms with Gasteiger partial charge in [-0.25, -0.2) is 0 Å². The Bertz CT molecular complexity index is 1190. The van der Waals surface area contributed by atoms with Crippen molar-refractivity contribution in [3.63, 3.8) is 0 Å². The van der Waals surface area contributed by atoms with Gasteiger partial charge in [-0.1, -0.05) is 30.4 Å². The molecule has 3 aromatic rings. The zero-order chi connectivity index (χ0) is 25.4. The lowest BCUT2D eigenvalue weighted by Gasteiger charge is -2.06. The van der Waals surface area contributed by atoms with Crippen molar-refractivity contribution < 1.29 is 28.8 Å². The number of carbonyl (C=O) groups excluding carboxylic acids is 1. The number of primary amides is 1. The van der Waals surface area contributed by atoms with Gasteiger partial charge in [-0.3, -0.25) is 4.79 Å². The summed E-state index contributed by atoms with van der Waals surface area (Å²) < 4.78 is 21.3. The van der Waals surface area contributed by atoms with Crippen molar-refractivity contribution in [3.8, 4) is 28.7 Å². The van der Waals surface area contributed by atoms with Crippen molar-refractivity contribution in [1.29, 1.82) is 0 Å². The molecule has 1 heterocycles. The fourth-order valence-electron chi connectivity index (χ4n) is 3.28. The van der Waals surface area contributed by atoms with Gasteiger partial charge < -0.3 is 41.3 Å². The second-order valence-corrected chi connectivity index (χ2v) is 7.67. The van der Waals surface area contributed by atoms with Gasteiger partial charge in [0.05, 0.1) is 25.9 Å². The van der Waals surface area contributed by atoms with Crippen LogP contribution < -0.4 is 36.1 Å². The van der Waals surface area contributed by atoms with Crippen molar-refractivity contribution >= 4 is 23.7 Å². The van der Waals surface area contributed by atoms with Crippen molar-refractivity contribution in [2.45, 2.75) is 12.5 Å². The summed E-state index contributed by atoms with van der Waals surface area (Å²) in [6.45, 7) is 0.216. The zero-order valence-electron chi connectivity index (χ0n) is 19.6. The number of hydrogen-bond donors (Lipinski definition) is 4. The number of phenolic OH excluding ortho intramolecular Hbond substituents is 1. The third kappa shape index (κ3) is 6.81. The molecule has 0 spiro atoms. The number of rotatable bonds is 7. The van der Waals surface area contributed by atoms with E-state index in [0.717, 1.165) is 16.7 Å². The van der Waals surface area contributed by atoms with E-state index in [1.165, 1.54) is 0 Å². The lowest BCUT2D eigenvalue weighted by Crippen LogP contribution is -2.38. The molecule has 0 aromatic heterocycles. The van der Waals surface area contributed by atoms with Crippen LogP contribution in [-0.2, 0) is 11.2 Å². The Morgan fingerprint density at radius 1 is 1.00 bits per heavy atom. The van der Waals surface area contributed by atoms with E-state index in [1.807, 2.05) is 42.5 Å². The summed E-state index contributed by atoms with van der Waals surface area (Å²) in [6, 6.07) is 15.3. The molecule has 9 heteroatoms. The van der Waals surface area contributed by atoms with Crippen LogP contribution in [0.4, 0.5) is 5.69 Å². The highest BCUT2D eigenvalue weighted by molar-refractivity contribution is 5.80. The minimum Gasteiger partial charge on any atom is -0.508 e. The molecule has 1 unspecified atom stereocenters. The summed E-state index contributed by atoms with van der Waals surface area (Å²) in [5.74, 6) is 2.33. The summed E-state index contributed by atoms with van der Waals surface area (Å²) in [4.78, 5) is 10.6. The number of aromatic hydroxyl groups is 1. The van der Waals surface area contributed by atoms with Crippen LogP contribution in [0.2, 0.25) is 0 Å². The maximum Gasteiger partial charge on any atom is 0.234 e. The van der Waals surface area contributed by atoms with E-state index in [1.54, 1.807) is 38.5 Å². The van der Waals surface area contributed by atoms with E-state index in [9.17, 15) is 4.79 Å². The average molecular weight is 480 g/mol. The first-order valence-electron chi connectivity index (χ1n) is 10.7. The number of ether oxygens (including phenoxy) is 4. The predicted octanol–water partition coefficient (Wildman–Crippen LogP) is 2.93. The van der Waals surface area contributed by atoms with Gasteiger partial charge in [-0.2, -0.15) is 0 Å². The Morgan fingerprint density at radius 2 is 1.69 bits per heavy atom. The highest BCUT2D eigenvalue weighted by atomic mass is 16.7. The number of anilines is 1. The van der Waals surface area contributed by atoms with Gasteiger partial charge in [0, 0.05) is 0 Å². The molecule has 1 aliphatic rings. The smallest absolute Gasteiger partial charge is 0.234 e. The molecule has 1 aliphatic heterocycles. The molecule has 0 saturated heterocycles. The zero-order valence-corrected chi connectivity index (χ0v) is 19.6. The maximum atomic E-state index is 10.6. The van der Waals surface area contributed by atoms with E-state index in [2.05, 4.69) is 0 Å². The number of fused-ring (bicyclic) bond motifs is 1. The van der Waals surface area contributed by atoms with Gasteiger partial charge in [0.25, 0.3) is 0 Å². The maximum absolute atomic E-state index is 10.6. The molecule has 184 valence electrons. The molecule has 0 saturated carbocycles. The van der Waals surface area contributed by atoms with Crippen LogP contribution >= 0.6 is 0 Å². The third-order valence-corrected chi connectivity index (χ3v) is 5.16. The molecule has 9 nitrogen and oxygen atoms in total. The topological polar surface area (TPSA) is 152 Å². The molecule has 1 amide bonds. The summed E-state index contributed by atoms with van der Waals surface area (Å²) in [6.07, 6.45) is 4.33. The molecule has 0 bridgehead atoms. The largest absolute Gasteiger partial charge is 0.508 e. The fourth-order valence-corrected chi connectivity index (χ4v) is 3.28. The standard InChI is InChI=1S/C17H17NO4.C9H12N2O2/c1-19-14-6-5-11(7-13(14)18)3-4-12-8-15(20-2)17-16(9-12)21-10-22-17;10-8(9(11)13)5-6-1-3-7(12)4-2-6/h3-9H,10,18H2,1-2H3;1-4,8,12H,5,10H2,(H2,11,13)/b4-3-;. The van der Waals surface area contributed by atoms with Gasteiger partial charge in [-0.15, -0.1) is 0 Å². The molecule has 7 N–H and O–H groups in total. The third-order valence-electron chi connectivity index (χ3n) is 5.16. The Hall–Kier alpha value is -4.37. The number of hydrogen-bond acceptors (Lipinski definition) is 8. The summed E-state index contributed by atoms with van der Waals surface area (Å²) in [7, 11) is 3.20. The monoisotopic (exact) mass is 479 g/mol. The van der Waals surface area contributed by atoms with Gasteiger partial charge in [-0.05, 0) is 59.5 Å². The Balaban J connectivity index is 0.000000225. The van der Waals surface area contributed by atoms with Crippen LogP contribution in [0.15, 0.2) is 54.6 Å². The predicted molar refractivity (Wildman–Crippen MR) is 134 cm³/mol. The molecule has 0 fully saturated rings. The van der Waals surface area contributed by atoms with E-state index in [4.69, 9.17) is 41.3 Å². The highest BCUT2D eigenvalue weighted by Crippen LogP contribution is 2.42. The van der Waals surface area contributed by atoms with Crippen molar-refractivity contribution in [2.75, 3.05) is 26.7 Å². The van der Waals surface area contributed by atoms with Gasteiger partial charge in [0.15, 0.2) is 11.5 Å². The first kappa shape index (κ1) is 25.3. The van der Waals surface area contributed by atoms with Crippen molar-refractivity contribution in [1.82, 2.24) is 0 Å². The minimum atomic E-state index is -0.662. The number of amides is 1. The molecule has 0 radical (unpaired) electrons. The quantitative estimate of drug-likeness (QED) is 0.298. The molecule has 4 rings (SSSR count). The summed E-state index contributed by atoms with van der Waals surface area (Å²) in [5.41, 5.74) is 19.8. The number of carbonyl (C=O) groups is 1. The molecular weight excluding hydrogens is 450 g/mol. The lowest BCUT2D eigenvalue weighted by atomic mass is 10.1. The Morgan fingerprint density at radius 3 is 2.31 bits per heavy atom. The van der Waals surface area contributed by atoms with E-state index in [0.29, 0.717) is 35.1 Å². The lowest BCUT2D eigenvalue weighted by molar-refractivity contribution is -0.119.